The molecule has 4 heteroatoms. The fourth-order valence-corrected chi connectivity index (χ4v) is 4.07. The zero-order valence-electron chi connectivity index (χ0n) is 18.8. The van der Waals surface area contributed by atoms with E-state index in [0.29, 0.717) is 11.8 Å². The van der Waals surface area contributed by atoms with Crippen molar-refractivity contribution in [3.63, 3.8) is 0 Å². The third kappa shape index (κ3) is 6.92. The van der Waals surface area contributed by atoms with E-state index in [4.69, 9.17) is 0 Å². The first kappa shape index (κ1) is 23.0. The van der Waals surface area contributed by atoms with Gasteiger partial charge < -0.3 is 10.2 Å². The first-order valence-corrected chi connectivity index (χ1v) is 11.1. The molecule has 1 amide bonds. The zero-order valence-corrected chi connectivity index (χ0v) is 18.8. The maximum atomic E-state index is 12.9. The molecule has 0 bridgehead atoms. The van der Waals surface area contributed by atoms with Crippen molar-refractivity contribution in [2.75, 3.05) is 13.1 Å². The van der Waals surface area contributed by atoms with Crippen LogP contribution in [0.2, 0.25) is 0 Å². The van der Waals surface area contributed by atoms with Crippen molar-refractivity contribution in [1.29, 1.82) is 5.26 Å². The maximum Gasteiger partial charge on any atom is 0.263 e. The number of amides is 1. The fourth-order valence-electron chi connectivity index (χ4n) is 4.07. The first-order chi connectivity index (χ1) is 13.8. The fraction of sp³-hybridized carbons (Fsp3) is 0.600. The summed E-state index contributed by atoms with van der Waals surface area (Å²) in [6, 6.07) is 8.65. The molecule has 0 saturated heterocycles. The summed E-state index contributed by atoms with van der Waals surface area (Å²) >= 11 is 0. The average Bonchev–Trinajstić information content (AvgIpc) is 2.68. The van der Waals surface area contributed by atoms with Gasteiger partial charge in [0.05, 0.1) is 6.04 Å². The molecule has 0 aromatic heterocycles. The summed E-state index contributed by atoms with van der Waals surface area (Å²) in [6.45, 7) is 12.3. The molecule has 4 nitrogen and oxygen atoms in total. The van der Waals surface area contributed by atoms with Crippen molar-refractivity contribution in [1.82, 2.24) is 10.2 Å². The van der Waals surface area contributed by atoms with Crippen molar-refractivity contribution in [3.05, 3.63) is 46.7 Å². The predicted molar refractivity (Wildman–Crippen MR) is 119 cm³/mol. The van der Waals surface area contributed by atoms with Gasteiger partial charge in [0, 0.05) is 19.3 Å². The average molecular weight is 396 g/mol. The highest BCUT2D eigenvalue weighted by molar-refractivity contribution is 5.97. The van der Waals surface area contributed by atoms with Gasteiger partial charge in [-0.05, 0) is 60.6 Å². The van der Waals surface area contributed by atoms with Crippen molar-refractivity contribution < 1.29 is 4.79 Å². The lowest BCUT2D eigenvalue weighted by Crippen LogP contribution is -2.32. The van der Waals surface area contributed by atoms with E-state index in [0.717, 1.165) is 37.9 Å². The van der Waals surface area contributed by atoms with E-state index in [1.807, 2.05) is 0 Å². The standard InChI is InChI=1S/C25H37N3O/c1-6-24(22-12-11-20-9-7-8-10-21(20)13-22)27-25(29)23(14-26)17-28(15-18(2)3)16-19(4)5/h11-13,17-19,24H,6-10,15-16H2,1-5H3,(H,27,29)/b23-17-. The van der Waals surface area contributed by atoms with Crippen molar-refractivity contribution in [2.45, 2.75) is 72.8 Å². The summed E-state index contributed by atoms with van der Waals surface area (Å²) in [5.41, 5.74) is 4.18. The second-order valence-electron chi connectivity index (χ2n) is 9.07. The van der Waals surface area contributed by atoms with Crippen LogP contribution in [0.25, 0.3) is 0 Å². The van der Waals surface area contributed by atoms with Crippen LogP contribution in [0.1, 0.15) is 76.6 Å². The molecule has 1 aliphatic carbocycles. The highest BCUT2D eigenvalue weighted by Gasteiger charge is 2.19. The zero-order chi connectivity index (χ0) is 21.4. The molecule has 158 valence electrons. The van der Waals surface area contributed by atoms with Crippen LogP contribution >= 0.6 is 0 Å². The Hall–Kier alpha value is -2.28. The lowest BCUT2D eigenvalue weighted by molar-refractivity contribution is -0.118. The molecule has 1 aliphatic rings. The Morgan fingerprint density at radius 1 is 1.14 bits per heavy atom. The Bertz CT molecular complexity index is 748. The number of carbonyl (C=O) groups excluding carboxylic acids is 1. The molecule has 0 spiro atoms. The molecule has 1 aromatic rings. The highest BCUT2D eigenvalue weighted by atomic mass is 16.1. The van der Waals surface area contributed by atoms with Gasteiger partial charge in [-0.15, -0.1) is 0 Å². The lowest BCUT2D eigenvalue weighted by Gasteiger charge is -2.25. The Kier molecular flexibility index (Phi) is 8.76. The second kappa shape index (κ2) is 11.0. The summed E-state index contributed by atoms with van der Waals surface area (Å²) in [5.74, 6) is 0.647. The summed E-state index contributed by atoms with van der Waals surface area (Å²) in [6.07, 6.45) is 7.32. The molecule has 0 heterocycles. The van der Waals surface area contributed by atoms with Gasteiger partial charge in [0.1, 0.15) is 11.6 Å². The number of nitrogens with one attached hydrogen (secondary N) is 1. The summed E-state index contributed by atoms with van der Waals surface area (Å²) in [7, 11) is 0. The third-order valence-corrected chi connectivity index (χ3v) is 5.36. The third-order valence-electron chi connectivity index (χ3n) is 5.36. The number of rotatable bonds is 9. The molecule has 0 saturated carbocycles. The molecule has 1 aromatic carbocycles. The van der Waals surface area contributed by atoms with Crippen LogP contribution in [-0.2, 0) is 17.6 Å². The van der Waals surface area contributed by atoms with Gasteiger partial charge in [0.2, 0.25) is 0 Å². The summed E-state index contributed by atoms with van der Waals surface area (Å²) in [5, 5.41) is 12.7. The Morgan fingerprint density at radius 3 is 2.31 bits per heavy atom. The molecule has 2 rings (SSSR count). The molecule has 0 radical (unpaired) electrons. The Balaban J connectivity index is 2.16. The first-order valence-electron chi connectivity index (χ1n) is 11.1. The predicted octanol–water partition coefficient (Wildman–Crippen LogP) is 5.15. The van der Waals surface area contributed by atoms with Gasteiger partial charge in [-0.25, -0.2) is 0 Å². The smallest absolute Gasteiger partial charge is 0.263 e. The van der Waals surface area contributed by atoms with Crippen LogP contribution in [0, 0.1) is 23.2 Å². The molecule has 1 unspecified atom stereocenters. The number of nitrogens with zero attached hydrogens (tertiary/aromatic N) is 2. The molecular formula is C25H37N3O. The number of fused-ring (bicyclic) bond motifs is 1. The van der Waals surface area contributed by atoms with E-state index in [1.54, 1.807) is 6.20 Å². The van der Waals surface area contributed by atoms with Crippen LogP contribution in [0.5, 0.6) is 0 Å². The van der Waals surface area contributed by atoms with Crippen LogP contribution in [-0.4, -0.2) is 23.9 Å². The van der Waals surface area contributed by atoms with Crippen LogP contribution in [0.15, 0.2) is 30.0 Å². The van der Waals surface area contributed by atoms with Gasteiger partial charge in [-0.2, -0.15) is 5.26 Å². The van der Waals surface area contributed by atoms with E-state index in [2.05, 4.69) is 69.1 Å². The summed E-state index contributed by atoms with van der Waals surface area (Å²) < 4.78 is 0. The van der Waals surface area contributed by atoms with Gasteiger partial charge in [-0.1, -0.05) is 52.8 Å². The van der Waals surface area contributed by atoms with Crippen molar-refractivity contribution in [3.8, 4) is 6.07 Å². The maximum absolute atomic E-state index is 12.9. The van der Waals surface area contributed by atoms with Crippen LogP contribution < -0.4 is 5.32 Å². The van der Waals surface area contributed by atoms with E-state index in [1.165, 1.54) is 24.0 Å². The number of carbonyl (C=O) groups is 1. The Morgan fingerprint density at radius 2 is 1.76 bits per heavy atom. The lowest BCUT2D eigenvalue weighted by atomic mass is 9.88. The monoisotopic (exact) mass is 395 g/mol. The van der Waals surface area contributed by atoms with E-state index < -0.39 is 0 Å². The van der Waals surface area contributed by atoms with E-state index >= 15 is 0 Å². The minimum absolute atomic E-state index is 0.0740. The number of hydrogen-bond donors (Lipinski definition) is 1. The van der Waals surface area contributed by atoms with Crippen molar-refractivity contribution in [2.24, 2.45) is 11.8 Å². The number of benzene rings is 1. The molecular weight excluding hydrogens is 358 g/mol. The van der Waals surface area contributed by atoms with Crippen LogP contribution in [0.3, 0.4) is 0 Å². The van der Waals surface area contributed by atoms with Gasteiger partial charge in [-0.3, -0.25) is 4.79 Å². The van der Waals surface area contributed by atoms with Gasteiger partial charge in [0.25, 0.3) is 5.91 Å². The van der Waals surface area contributed by atoms with Gasteiger partial charge >= 0.3 is 0 Å². The second-order valence-corrected chi connectivity index (χ2v) is 9.07. The molecule has 0 aliphatic heterocycles. The van der Waals surface area contributed by atoms with Crippen LogP contribution in [0.4, 0.5) is 0 Å². The van der Waals surface area contributed by atoms with E-state index in [-0.39, 0.29) is 17.5 Å². The minimum atomic E-state index is -0.283. The highest BCUT2D eigenvalue weighted by Crippen LogP contribution is 2.26. The quantitative estimate of drug-likeness (QED) is 0.464. The van der Waals surface area contributed by atoms with E-state index in [9.17, 15) is 10.1 Å². The van der Waals surface area contributed by atoms with Gasteiger partial charge in [0.15, 0.2) is 0 Å². The SMILES string of the molecule is CCC(NC(=O)/C(C#N)=C\N(CC(C)C)CC(C)C)c1ccc2c(c1)CCCC2. The Labute approximate surface area is 177 Å². The molecule has 0 fully saturated rings. The minimum Gasteiger partial charge on any atom is -0.376 e. The molecule has 1 N–H and O–H groups in total. The largest absolute Gasteiger partial charge is 0.376 e. The van der Waals surface area contributed by atoms with Crippen molar-refractivity contribution >= 4 is 5.91 Å². The topological polar surface area (TPSA) is 56.1 Å². The number of hydrogen-bond acceptors (Lipinski definition) is 3. The number of aryl methyl sites for hydroxylation is 2. The molecule has 1 atom stereocenters. The number of nitriles is 1. The molecule has 29 heavy (non-hydrogen) atoms. The normalized spacial score (nSPS) is 15.0. The summed E-state index contributed by atoms with van der Waals surface area (Å²) in [4.78, 5) is 15.0.